The standard InChI is InChI=1S/C14H19N3O3/c1-2-6-20-11-5-3-4-10(7-11)17-14(19)12-8-16-13(18)9-15-12/h3-5,7,12,15H,2,6,8-9H2,1H3,(H,16,18)(H,17,19). The average molecular weight is 277 g/mol. The highest BCUT2D eigenvalue weighted by atomic mass is 16.5. The Kier molecular flexibility index (Phi) is 4.95. The molecule has 6 nitrogen and oxygen atoms in total. The molecule has 1 fully saturated rings. The molecule has 1 aromatic rings. The molecule has 1 atom stereocenters. The van der Waals surface area contributed by atoms with Gasteiger partial charge in [0.15, 0.2) is 0 Å². The molecule has 1 heterocycles. The van der Waals surface area contributed by atoms with Crippen molar-refractivity contribution in [3.63, 3.8) is 0 Å². The Balaban J connectivity index is 1.92. The maximum atomic E-state index is 12.0. The van der Waals surface area contributed by atoms with Gasteiger partial charge in [0.25, 0.3) is 0 Å². The number of hydrogen-bond donors (Lipinski definition) is 3. The molecule has 6 heteroatoms. The average Bonchev–Trinajstić information content (AvgIpc) is 2.46. The maximum Gasteiger partial charge on any atom is 0.243 e. The normalized spacial score (nSPS) is 18.2. The number of rotatable bonds is 5. The first-order valence-electron chi connectivity index (χ1n) is 6.73. The van der Waals surface area contributed by atoms with Crippen molar-refractivity contribution >= 4 is 17.5 Å². The molecule has 1 aliphatic rings. The second-order valence-electron chi connectivity index (χ2n) is 4.60. The van der Waals surface area contributed by atoms with Gasteiger partial charge in [0, 0.05) is 18.3 Å². The molecule has 0 radical (unpaired) electrons. The van der Waals surface area contributed by atoms with Crippen LogP contribution in [0.1, 0.15) is 13.3 Å². The largest absolute Gasteiger partial charge is 0.494 e. The van der Waals surface area contributed by atoms with Crippen molar-refractivity contribution in [1.82, 2.24) is 10.6 Å². The van der Waals surface area contributed by atoms with Gasteiger partial charge in [-0.2, -0.15) is 0 Å². The zero-order valence-corrected chi connectivity index (χ0v) is 11.4. The highest BCUT2D eigenvalue weighted by Crippen LogP contribution is 2.17. The van der Waals surface area contributed by atoms with E-state index in [0.717, 1.165) is 12.2 Å². The number of anilines is 1. The van der Waals surface area contributed by atoms with Crippen molar-refractivity contribution in [2.24, 2.45) is 0 Å². The topological polar surface area (TPSA) is 79.5 Å². The first kappa shape index (κ1) is 14.3. The zero-order chi connectivity index (χ0) is 14.4. The van der Waals surface area contributed by atoms with Crippen LogP contribution in [-0.4, -0.2) is 37.6 Å². The first-order chi connectivity index (χ1) is 9.69. The minimum absolute atomic E-state index is 0.0935. The van der Waals surface area contributed by atoms with E-state index >= 15 is 0 Å². The maximum absolute atomic E-state index is 12.0. The fourth-order valence-electron chi connectivity index (χ4n) is 1.86. The fourth-order valence-corrected chi connectivity index (χ4v) is 1.86. The Morgan fingerprint density at radius 2 is 2.35 bits per heavy atom. The second kappa shape index (κ2) is 6.91. The molecular weight excluding hydrogens is 258 g/mol. The third kappa shape index (κ3) is 3.96. The van der Waals surface area contributed by atoms with E-state index < -0.39 is 6.04 Å². The predicted octanol–water partition coefficient (Wildman–Crippen LogP) is 0.502. The summed E-state index contributed by atoms with van der Waals surface area (Å²) in [5.74, 6) is 0.469. The van der Waals surface area contributed by atoms with Crippen LogP contribution in [0.4, 0.5) is 5.69 Å². The van der Waals surface area contributed by atoms with E-state index in [1.807, 2.05) is 19.1 Å². The predicted molar refractivity (Wildman–Crippen MR) is 75.7 cm³/mol. The van der Waals surface area contributed by atoms with Crippen LogP contribution in [-0.2, 0) is 9.59 Å². The Hall–Kier alpha value is -2.08. The van der Waals surface area contributed by atoms with E-state index in [9.17, 15) is 9.59 Å². The highest BCUT2D eigenvalue weighted by molar-refractivity contribution is 5.96. The van der Waals surface area contributed by atoms with Gasteiger partial charge in [-0.05, 0) is 18.6 Å². The van der Waals surface area contributed by atoms with Gasteiger partial charge in [0.05, 0.1) is 13.2 Å². The van der Waals surface area contributed by atoms with Gasteiger partial charge in [0.1, 0.15) is 11.8 Å². The van der Waals surface area contributed by atoms with Gasteiger partial charge < -0.3 is 15.4 Å². The Labute approximate surface area is 117 Å². The van der Waals surface area contributed by atoms with Gasteiger partial charge in [-0.1, -0.05) is 13.0 Å². The summed E-state index contributed by atoms with van der Waals surface area (Å²) in [5.41, 5.74) is 0.683. The van der Waals surface area contributed by atoms with Crippen molar-refractivity contribution in [3.8, 4) is 5.75 Å². The highest BCUT2D eigenvalue weighted by Gasteiger charge is 2.23. The summed E-state index contributed by atoms with van der Waals surface area (Å²) in [4.78, 5) is 23.0. The van der Waals surface area contributed by atoms with Gasteiger partial charge >= 0.3 is 0 Å². The molecule has 1 saturated heterocycles. The molecule has 0 aliphatic carbocycles. The van der Waals surface area contributed by atoms with E-state index in [2.05, 4.69) is 16.0 Å². The molecule has 20 heavy (non-hydrogen) atoms. The molecule has 3 N–H and O–H groups in total. The molecule has 2 amide bonds. The third-order valence-corrected chi connectivity index (χ3v) is 2.90. The van der Waals surface area contributed by atoms with Crippen LogP contribution in [0.3, 0.4) is 0 Å². The number of hydrogen-bond acceptors (Lipinski definition) is 4. The Morgan fingerprint density at radius 3 is 3.05 bits per heavy atom. The molecule has 0 saturated carbocycles. The lowest BCUT2D eigenvalue weighted by atomic mass is 10.2. The Bertz CT molecular complexity index is 480. The van der Waals surface area contributed by atoms with Crippen LogP contribution in [0.5, 0.6) is 5.75 Å². The van der Waals surface area contributed by atoms with Gasteiger partial charge in [-0.25, -0.2) is 0 Å². The summed E-state index contributed by atoms with van der Waals surface area (Å²) >= 11 is 0. The lowest BCUT2D eigenvalue weighted by Gasteiger charge is -2.23. The van der Waals surface area contributed by atoms with Crippen LogP contribution < -0.4 is 20.7 Å². The van der Waals surface area contributed by atoms with Crippen molar-refractivity contribution in [1.29, 1.82) is 0 Å². The molecule has 1 aromatic carbocycles. The summed E-state index contributed by atoms with van der Waals surface area (Å²) in [5, 5.41) is 8.34. The molecule has 0 bridgehead atoms. The van der Waals surface area contributed by atoms with E-state index in [1.54, 1.807) is 12.1 Å². The Morgan fingerprint density at radius 1 is 1.50 bits per heavy atom. The van der Waals surface area contributed by atoms with Crippen LogP contribution in [0.15, 0.2) is 24.3 Å². The number of ether oxygens (including phenoxy) is 1. The van der Waals surface area contributed by atoms with E-state index in [4.69, 9.17) is 4.74 Å². The number of benzene rings is 1. The lowest BCUT2D eigenvalue weighted by Crippen LogP contribution is -2.56. The van der Waals surface area contributed by atoms with Crippen molar-refractivity contribution in [2.75, 3.05) is 25.0 Å². The van der Waals surface area contributed by atoms with Gasteiger partial charge in [-0.15, -0.1) is 0 Å². The summed E-state index contributed by atoms with van der Waals surface area (Å²) in [6.45, 7) is 3.15. The van der Waals surface area contributed by atoms with Crippen LogP contribution in [0, 0.1) is 0 Å². The number of piperazine rings is 1. The number of carbonyl (C=O) groups is 2. The van der Waals surface area contributed by atoms with Gasteiger partial charge in [-0.3, -0.25) is 14.9 Å². The van der Waals surface area contributed by atoms with Crippen LogP contribution in [0.2, 0.25) is 0 Å². The van der Waals surface area contributed by atoms with Crippen molar-refractivity contribution in [2.45, 2.75) is 19.4 Å². The minimum atomic E-state index is -0.409. The number of nitrogens with one attached hydrogen (secondary N) is 3. The van der Waals surface area contributed by atoms with E-state index in [1.165, 1.54) is 0 Å². The van der Waals surface area contributed by atoms with Crippen molar-refractivity contribution < 1.29 is 14.3 Å². The molecule has 108 valence electrons. The van der Waals surface area contributed by atoms with Crippen molar-refractivity contribution in [3.05, 3.63) is 24.3 Å². The fraction of sp³-hybridized carbons (Fsp3) is 0.429. The van der Waals surface area contributed by atoms with Crippen LogP contribution >= 0.6 is 0 Å². The summed E-state index contributed by atoms with van der Waals surface area (Å²) < 4.78 is 5.51. The monoisotopic (exact) mass is 277 g/mol. The summed E-state index contributed by atoms with van der Waals surface area (Å²) in [7, 11) is 0. The lowest BCUT2D eigenvalue weighted by molar-refractivity contribution is -0.124. The molecule has 0 spiro atoms. The third-order valence-electron chi connectivity index (χ3n) is 2.90. The summed E-state index contributed by atoms with van der Waals surface area (Å²) in [6.07, 6.45) is 0.933. The molecular formula is C14H19N3O3. The van der Waals surface area contributed by atoms with E-state index in [0.29, 0.717) is 18.8 Å². The van der Waals surface area contributed by atoms with Gasteiger partial charge in [0.2, 0.25) is 11.8 Å². The van der Waals surface area contributed by atoms with Crippen LogP contribution in [0.25, 0.3) is 0 Å². The molecule has 2 rings (SSSR count). The summed E-state index contributed by atoms with van der Waals surface area (Å²) in [6, 6.07) is 6.86. The zero-order valence-electron chi connectivity index (χ0n) is 11.4. The minimum Gasteiger partial charge on any atom is -0.494 e. The second-order valence-corrected chi connectivity index (χ2v) is 4.60. The molecule has 1 aliphatic heterocycles. The first-order valence-corrected chi connectivity index (χ1v) is 6.73. The van der Waals surface area contributed by atoms with E-state index in [-0.39, 0.29) is 18.4 Å². The smallest absolute Gasteiger partial charge is 0.243 e. The molecule has 0 aromatic heterocycles. The molecule has 1 unspecified atom stereocenters. The number of carbonyl (C=O) groups excluding carboxylic acids is 2. The quantitative estimate of drug-likeness (QED) is 0.732. The SMILES string of the molecule is CCCOc1cccc(NC(=O)C2CNC(=O)CN2)c1. The number of amides is 2.